The summed E-state index contributed by atoms with van der Waals surface area (Å²) < 4.78 is 11.1. The van der Waals surface area contributed by atoms with Gasteiger partial charge < -0.3 is 9.47 Å². The fourth-order valence-electron chi connectivity index (χ4n) is 4.69. The van der Waals surface area contributed by atoms with Crippen molar-refractivity contribution in [1.82, 2.24) is 4.48 Å². The van der Waals surface area contributed by atoms with Gasteiger partial charge in [0.15, 0.2) is 5.69 Å². The van der Waals surface area contributed by atoms with Gasteiger partial charge in [-0.1, -0.05) is 12.1 Å². The monoisotopic (exact) mass is 436 g/mol. The van der Waals surface area contributed by atoms with Gasteiger partial charge in [0.2, 0.25) is 5.84 Å². The molecule has 1 fully saturated rings. The van der Waals surface area contributed by atoms with Crippen LogP contribution >= 0.6 is 0 Å². The van der Waals surface area contributed by atoms with Gasteiger partial charge in [-0.05, 0) is 70.4 Å². The number of anilines is 1. The van der Waals surface area contributed by atoms with Crippen LogP contribution in [-0.4, -0.2) is 37.7 Å². The predicted octanol–water partition coefficient (Wildman–Crippen LogP) is 6.07. The molecule has 1 unspecified atom stereocenters. The van der Waals surface area contributed by atoms with Crippen molar-refractivity contribution in [3.05, 3.63) is 48.0 Å². The second kappa shape index (κ2) is 8.58. The van der Waals surface area contributed by atoms with Gasteiger partial charge in [0.05, 0.1) is 26.7 Å². The number of carbonyl (C=O) groups is 1. The number of benzene rings is 2. The highest BCUT2D eigenvalue weighted by Gasteiger charge is 2.54. The van der Waals surface area contributed by atoms with E-state index in [1.165, 1.54) is 31.2 Å². The summed E-state index contributed by atoms with van der Waals surface area (Å²) in [5, 5.41) is 2.77. The first-order valence-electron chi connectivity index (χ1n) is 11.4. The summed E-state index contributed by atoms with van der Waals surface area (Å²) in [4.78, 5) is 16.9. The maximum atomic E-state index is 11.7. The van der Waals surface area contributed by atoms with Crippen molar-refractivity contribution in [3.63, 3.8) is 0 Å². The molecule has 0 radical (unpaired) electrons. The van der Waals surface area contributed by atoms with Crippen molar-refractivity contribution in [2.75, 3.05) is 25.6 Å². The second-order valence-corrected chi connectivity index (χ2v) is 9.71. The van der Waals surface area contributed by atoms with Crippen molar-refractivity contribution in [1.29, 1.82) is 0 Å². The van der Waals surface area contributed by atoms with E-state index in [1.807, 2.05) is 31.2 Å². The average Bonchev–Trinajstić information content (AvgIpc) is 3.51. The lowest BCUT2D eigenvalue weighted by molar-refractivity contribution is 0.187. The fraction of sp³-hybridized carbons (Fsp3) is 0.462. The first-order chi connectivity index (χ1) is 15.3. The molecule has 4 rings (SSSR count). The zero-order valence-electron chi connectivity index (χ0n) is 19.8. The summed E-state index contributed by atoms with van der Waals surface area (Å²) in [6, 6.07) is 14.4. The number of quaternary nitrogens is 1. The first kappa shape index (κ1) is 22.3. The summed E-state index contributed by atoms with van der Waals surface area (Å²) in [6.45, 7) is 10.6. The topological polar surface area (TPSA) is 59.9 Å². The van der Waals surface area contributed by atoms with Crippen LogP contribution in [0.2, 0.25) is 0 Å². The highest BCUT2D eigenvalue weighted by molar-refractivity contribution is 6.05. The molecule has 2 aliphatic rings. The number of ether oxygens (including phenoxy) is 2. The average molecular weight is 437 g/mol. The Morgan fingerprint density at radius 2 is 1.88 bits per heavy atom. The van der Waals surface area contributed by atoms with Gasteiger partial charge in [-0.2, -0.15) is 4.99 Å². The molecular weight excluding hydrogens is 402 g/mol. The van der Waals surface area contributed by atoms with Crippen LogP contribution in [0.4, 0.5) is 21.9 Å². The quantitative estimate of drug-likeness (QED) is 0.536. The minimum absolute atomic E-state index is 0.0603. The van der Waals surface area contributed by atoms with Gasteiger partial charge in [0, 0.05) is 17.7 Å². The number of nitrogens with zero attached hydrogens (tertiary/aromatic N) is 2. The van der Waals surface area contributed by atoms with E-state index < -0.39 is 6.09 Å². The van der Waals surface area contributed by atoms with Crippen molar-refractivity contribution in [3.8, 4) is 5.75 Å². The van der Waals surface area contributed by atoms with Gasteiger partial charge in [0.25, 0.3) is 0 Å². The van der Waals surface area contributed by atoms with Gasteiger partial charge in [-0.25, -0.2) is 9.28 Å². The maximum absolute atomic E-state index is 11.7. The molecule has 1 heterocycles. The van der Waals surface area contributed by atoms with E-state index in [1.54, 1.807) is 0 Å². The normalized spacial score (nSPS) is 19.8. The lowest BCUT2D eigenvalue weighted by atomic mass is 9.95. The molecule has 0 aromatic heterocycles. The van der Waals surface area contributed by atoms with Crippen LogP contribution in [0.5, 0.6) is 5.75 Å². The number of nitrogens with one attached hydrogen (secondary N) is 1. The highest BCUT2D eigenvalue weighted by atomic mass is 16.5. The van der Waals surface area contributed by atoms with Crippen LogP contribution in [0.15, 0.2) is 47.5 Å². The summed E-state index contributed by atoms with van der Waals surface area (Å²) in [5.74, 6) is 2.76. The number of amidine groups is 1. The molecule has 1 amide bonds. The minimum Gasteiger partial charge on any atom is -0.494 e. The van der Waals surface area contributed by atoms with Crippen LogP contribution < -0.4 is 14.5 Å². The first-order valence-corrected chi connectivity index (χ1v) is 11.4. The van der Waals surface area contributed by atoms with E-state index in [-0.39, 0.29) is 5.54 Å². The van der Waals surface area contributed by atoms with Crippen LogP contribution in [0.3, 0.4) is 0 Å². The maximum Gasteiger partial charge on any atom is 0.411 e. The lowest BCUT2D eigenvalue weighted by Crippen LogP contribution is -2.65. The van der Waals surface area contributed by atoms with Crippen LogP contribution in [0.25, 0.3) is 0 Å². The molecule has 1 saturated carbocycles. The van der Waals surface area contributed by atoms with E-state index in [0.29, 0.717) is 12.3 Å². The van der Waals surface area contributed by atoms with E-state index in [2.05, 4.69) is 44.3 Å². The summed E-state index contributed by atoms with van der Waals surface area (Å²) in [7, 11) is 1.37. The summed E-state index contributed by atoms with van der Waals surface area (Å²) >= 11 is 0. The largest absolute Gasteiger partial charge is 0.494 e. The Balaban J connectivity index is 1.74. The number of carbonyl (C=O) groups excluding carboxylic acids is 1. The molecule has 1 aliphatic carbocycles. The van der Waals surface area contributed by atoms with Gasteiger partial charge in [-0.15, -0.1) is 0 Å². The third-order valence-corrected chi connectivity index (χ3v) is 6.48. The molecule has 0 bridgehead atoms. The van der Waals surface area contributed by atoms with Gasteiger partial charge in [-0.3, -0.25) is 5.32 Å². The molecular formula is C26H34N3O3+. The van der Waals surface area contributed by atoms with Gasteiger partial charge >= 0.3 is 6.09 Å². The Morgan fingerprint density at radius 3 is 2.47 bits per heavy atom. The van der Waals surface area contributed by atoms with Crippen LogP contribution in [-0.2, 0) is 11.2 Å². The van der Waals surface area contributed by atoms with E-state index in [4.69, 9.17) is 14.5 Å². The number of aliphatic imine (C=N–C) groups is 1. The Hall–Kier alpha value is -2.86. The Labute approximate surface area is 190 Å². The number of rotatable bonds is 7. The molecule has 0 saturated heterocycles. The standard InChI is InChI=1S/C26H33N3O3/c1-6-32-21-12-9-18(10-13-21)15-24-28-22-16-20(27-25(30)31-5)11-14-23(22)29(24,26(2,3)4)17-19-7-8-19/h9-14,16,19H,6-8,15,17H2,1-5H3/p+1. The lowest BCUT2D eigenvalue weighted by Gasteiger charge is -2.46. The van der Waals surface area contributed by atoms with E-state index in [9.17, 15) is 4.79 Å². The summed E-state index contributed by atoms with van der Waals surface area (Å²) in [5.41, 5.74) is 3.99. The van der Waals surface area contributed by atoms with Crippen molar-refractivity contribution < 1.29 is 14.3 Å². The molecule has 2 aromatic rings. The highest BCUT2D eigenvalue weighted by Crippen LogP contribution is 2.50. The van der Waals surface area contributed by atoms with Crippen LogP contribution in [0.1, 0.15) is 46.1 Å². The number of hydrogen-bond donors (Lipinski definition) is 1. The molecule has 0 spiro atoms. The number of hydrogen-bond acceptors (Lipinski definition) is 4. The molecule has 1 aliphatic heterocycles. The number of methoxy groups -OCH3 is 1. The number of amides is 1. The van der Waals surface area contributed by atoms with Crippen molar-refractivity contribution >= 4 is 29.0 Å². The van der Waals surface area contributed by atoms with Gasteiger partial charge in [0.1, 0.15) is 17.0 Å². The molecule has 32 heavy (non-hydrogen) atoms. The zero-order valence-corrected chi connectivity index (χ0v) is 19.8. The van der Waals surface area contributed by atoms with Crippen molar-refractivity contribution in [2.45, 2.75) is 52.5 Å². The third kappa shape index (κ3) is 4.24. The van der Waals surface area contributed by atoms with Crippen molar-refractivity contribution in [2.24, 2.45) is 10.9 Å². The fourth-order valence-corrected chi connectivity index (χ4v) is 4.69. The zero-order chi connectivity index (χ0) is 22.9. The molecule has 1 N–H and O–H groups in total. The smallest absolute Gasteiger partial charge is 0.411 e. The minimum atomic E-state index is -0.476. The summed E-state index contributed by atoms with van der Waals surface area (Å²) in [6.07, 6.45) is 2.86. The molecule has 2 aromatic carbocycles. The van der Waals surface area contributed by atoms with E-state index in [0.717, 1.165) is 40.6 Å². The SMILES string of the molecule is CCOc1ccc(CC2=Nc3cc(NC(=O)OC)ccc3[N+]2(CC2CC2)C(C)(C)C)cc1. The second-order valence-electron chi connectivity index (χ2n) is 9.71. The molecule has 170 valence electrons. The van der Waals surface area contributed by atoms with Crippen LogP contribution in [0, 0.1) is 5.92 Å². The van der Waals surface area contributed by atoms with E-state index >= 15 is 0 Å². The Morgan fingerprint density at radius 1 is 1.16 bits per heavy atom. The third-order valence-electron chi connectivity index (χ3n) is 6.48. The Bertz CT molecular complexity index is 1020. The molecule has 6 heteroatoms. The Kier molecular flexibility index (Phi) is 5.99. The molecule has 1 atom stereocenters. The predicted molar refractivity (Wildman–Crippen MR) is 130 cm³/mol. The molecule has 6 nitrogen and oxygen atoms in total. The number of fused-ring (bicyclic) bond motifs is 1.